The van der Waals surface area contributed by atoms with Crippen LogP contribution in [0.3, 0.4) is 0 Å². The summed E-state index contributed by atoms with van der Waals surface area (Å²) in [4.78, 5) is 88.6. The summed E-state index contributed by atoms with van der Waals surface area (Å²) in [5.41, 5.74) is 11.3. The van der Waals surface area contributed by atoms with E-state index >= 15 is 0 Å². The number of fused-ring (bicyclic) bond motifs is 2. The second kappa shape index (κ2) is 21.0. The Kier molecular flexibility index (Phi) is 16.8. The number of phosphoric ester groups is 3. The van der Waals surface area contributed by atoms with Gasteiger partial charge in [0.1, 0.15) is 36.3 Å². The number of aliphatic hydroxyl groups is 2. The van der Waals surface area contributed by atoms with E-state index in [1.54, 1.807) is 0 Å². The van der Waals surface area contributed by atoms with Gasteiger partial charge in [-0.15, -0.1) is 0 Å². The topological polar surface area (TPSA) is 390 Å². The molecule has 0 aliphatic carbocycles. The van der Waals surface area contributed by atoms with Gasteiger partial charge in [-0.3, -0.25) is 32.5 Å². The molecule has 2 aromatic carbocycles. The molecule has 5 rings (SSSR count). The zero-order valence-corrected chi connectivity index (χ0v) is 37.0. The number of nitrogens with zero attached hydrogens (tertiary/aromatic N) is 4. The fraction of sp³-hybridized carbons (Fsp3) is 0.471. The third kappa shape index (κ3) is 14.1. The minimum atomic E-state index is -5.59. The number of benzene rings is 2. The monoisotopic (exact) mass is 964 g/mol. The molecule has 0 spiro atoms. The quantitative estimate of drug-likeness (QED) is 0.0376. The van der Waals surface area contributed by atoms with Crippen LogP contribution in [0.15, 0.2) is 55.1 Å². The van der Waals surface area contributed by atoms with E-state index in [9.17, 15) is 57.9 Å². The van der Waals surface area contributed by atoms with Crippen molar-refractivity contribution in [3.63, 3.8) is 0 Å². The lowest BCUT2D eigenvalue weighted by atomic mass is 9.87. The lowest BCUT2D eigenvalue weighted by molar-refractivity contribution is -0.137. The maximum Gasteiger partial charge on any atom is 0.481 e. The van der Waals surface area contributed by atoms with Gasteiger partial charge >= 0.3 is 23.5 Å². The second-order valence-corrected chi connectivity index (χ2v) is 20.1. The molecule has 0 radical (unpaired) electrons. The highest BCUT2D eigenvalue weighted by atomic mass is 32.2. The molecule has 12 N–H and O–H groups in total. The van der Waals surface area contributed by atoms with Crippen LogP contribution < -0.4 is 22.1 Å². The zero-order valence-electron chi connectivity index (χ0n) is 33.5. The number of nitrogens with one attached hydrogen (secondary N) is 2. The summed E-state index contributed by atoms with van der Waals surface area (Å²) in [5, 5.41) is 28.4. The standard InChI is InChI=1S/C34H47N8O17P3S/c1-34(2,28(45)31(46)38-10-9-24(43)37-11-12-63-33(47)22(35)14-19-7-8-20-5-3-4-6-21(20)13-19)16-56-62(53,54)59-61(51,52)55-15-23-27(58-60(48,49)50)26(44)32(57-23)42-18-41-25-29(36)39-17-40-30(25)42/h3-8,13,17-18,22-23,26-28,32,44-45H,9-12,14-16,35H2,1-2H3,(H,37,43)(H,38,46)(H,51,52)(H,53,54)(H2,36,39,40)(H2,48,49,50). The fourth-order valence-corrected chi connectivity index (χ4v) is 9.62. The maximum absolute atomic E-state index is 12.7. The van der Waals surface area contributed by atoms with Gasteiger partial charge in [-0.25, -0.2) is 28.6 Å². The fourth-order valence-electron chi connectivity index (χ4n) is 6.09. The number of hydrogen-bond donors (Lipinski definition) is 10. The number of thioether (sulfide) groups is 1. The first-order chi connectivity index (χ1) is 29.4. The number of amides is 2. The minimum absolute atomic E-state index is 0.0262. The molecule has 346 valence electrons. The SMILES string of the molecule is CC(C)(COP(=O)(O)OP(=O)(O)OCC1OC(n2cnc3c(N)ncnc32)C(O)C1OP(=O)(O)O)C(O)C(=O)NCCC(=O)NCCSC(=O)C(N)Cc1ccc2ccccc2c1. The van der Waals surface area contributed by atoms with Crippen molar-refractivity contribution in [1.29, 1.82) is 0 Å². The molecule has 1 aliphatic rings. The number of hydrogen-bond acceptors (Lipinski definition) is 19. The zero-order chi connectivity index (χ0) is 46.3. The van der Waals surface area contributed by atoms with Crippen LogP contribution in [0.5, 0.6) is 0 Å². The minimum Gasteiger partial charge on any atom is -0.386 e. The third-order valence-corrected chi connectivity index (χ3v) is 13.4. The smallest absolute Gasteiger partial charge is 0.386 e. The Hall–Kier alpha value is -3.78. The molecule has 25 nitrogen and oxygen atoms in total. The summed E-state index contributed by atoms with van der Waals surface area (Å²) in [7, 11) is -16.4. The summed E-state index contributed by atoms with van der Waals surface area (Å²) in [6.45, 7) is 0.361. The molecule has 2 aromatic heterocycles. The van der Waals surface area contributed by atoms with E-state index < -0.39 is 90.6 Å². The Bertz CT molecular complexity index is 2420. The average molecular weight is 965 g/mol. The molecule has 0 saturated carbocycles. The summed E-state index contributed by atoms with van der Waals surface area (Å²) < 4.78 is 62.3. The third-order valence-electron chi connectivity index (χ3n) is 9.32. The van der Waals surface area contributed by atoms with Crippen molar-refractivity contribution in [2.75, 3.05) is 37.8 Å². The summed E-state index contributed by atoms with van der Waals surface area (Å²) in [5.74, 6) is -1.26. The highest BCUT2D eigenvalue weighted by molar-refractivity contribution is 8.13. The van der Waals surface area contributed by atoms with Gasteiger partial charge in [0, 0.05) is 30.7 Å². The van der Waals surface area contributed by atoms with E-state index in [0.29, 0.717) is 6.42 Å². The molecule has 29 heteroatoms. The Balaban J connectivity index is 1.02. The number of nitrogen functional groups attached to an aromatic ring is 1. The van der Waals surface area contributed by atoms with E-state index in [4.69, 9.17) is 25.3 Å². The van der Waals surface area contributed by atoms with Crippen molar-refractivity contribution < 1.29 is 80.5 Å². The van der Waals surface area contributed by atoms with Crippen LogP contribution in [-0.2, 0) is 57.1 Å². The number of aliphatic hydroxyl groups excluding tert-OH is 2. The molecule has 3 heterocycles. The number of phosphoric acid groups is 3. The molecule has 1 fully saturated rings. The van der Waals surface area contributed by atoms with E-state index in [1.165, 1.54) is 13.8 Å². The van der Waals surface area contributed by atoms with Crippen LogP contribution in [0, 0.1) is 5.41 Å². The van der Waals surface area contributed by atoms with Crippen LogP contribution in [0.4, 0.5) is 5.82 Å². The molecule has 4 aromatic rings. The van der Waals surface area contributed by atoms with E-state index in [2.05, 4.69) is 34.4 Å². The highest BCUT2D eigenvalue weighted by Crippen LogP contribution is 2.61. The number of carbonyl (C=O) groups excluding carboxylic acids is 3. The Morgan fingerprint density at radius 3 is 2.40 bits per heavy atom. The average Bonchev–Trinajstić information content (AvgIpc) is 3.77. The number of nitrogens with two attached hydrogens (primary N) is 2. The Morgan fingerprint density at radius 2 is 1.68 bits per heavy atom. The molecule has 2 amide bonds. The maximum atomic E-state index is 12.7. The number of anilines is 1. The first-order valence-electron chi connectivity index (χ1n) is 18.7. The molecular weight excluding hydrogens is 917 g/mol. The number of rotatable bonds is 22. The van der Waals surface area contributed by atoms with Crippen LogP contribution in [-0.4, -0.2) is 129 Å². The van der Waals surface area contributed by atoms with E-state index in [-0.39, 0.29) is 47.4 Å². The molecule has 8 atom stereocenters. The van der Waals surface area contributed by atoms with E-state index in [1.807, 2.05) is 42.5 Å². The van der Waals surface area contributed by atoms with Crippen molar-refractivity contribution in [3.8, 4) is 0 Å². The predicted molar refractivity (Wildman–Crippen MR) is 223 cm³/mol. The van der Waals surface area contributed by atoms with Gasteiger partial charge in [0.2, 0.25) is 16.9 Å². The van der Waals surface area contributed by atoms with Gasteiger partial charge in [0.15, 0.2) is 17.7 Å². The van der Waals surface area contributed by atoms with Crippen molar-refractivity contribution in [3.05, 3.63) is 60.7 Å². The van der Waals surface area contributed by atoms with Crippen LogP contribution in [0.1, 0.15) is 32.1 Å². The van der Waals surface area contributed by atoms with Crippen molar-refractivity contribution in [2.24, 2.45) is 11.1 Å². The molecule has 8 unspecified atom stereocenters. The molecule has 63 heavy (non-hydrogen) atoms. The van der Waals surface area contributed by atoms with Gasteiger partial charge in [0.25, 0.3) is 0 Å². The van der Waals surface area contributed by atoms with Gasteiger partial charge in [-0.1, -0.05) is 68.1 Å². The van der Waals surface area contributed by atoms with Gasteiger partial charge in [0.05, 0.1) is 25.6 Å². The molecular formula is C34H47N8O17P3S. The van der Waals surface area contributed by atoms with Crippen LogP contribution in [0.25, 0.3) is 21.9 Å². The second-order valence-electron chi connectivity index (χ2n) is 14.7. The number of carbonyl (C=O) groups is 3. The molecule has 0 bridgehead atoms. The number of aromatic nitrogens is 4. The Labute approximate surface area is 362 Å². The summed E-state index contributed by atoms with van der Waals surface area (Å²) >= 11 is 0.976. The van der Waals surface area contributed by atoms with Crippen LogP contribution >= 0.6 is 35.2 Å². The number of ether oxygens (including phenoxy) is 1. The van der Waals surface area contributed by atoms with Crippen LogP contribution in [0.2, 0.25) is 0 Å². The highest BCUT2D eigenvalue weighted by Gasteiger charge is 2.50. The predicted octanol–water partition coefficient (Wildman–Crippen LogP) is 0.388. The Morgan fingerprint density at radius 1 is 0.984 bits per heavy atom. The summed E-state index contributed by atoms with van der Waals surface area (Å²) in [6.07, 6.45) is -6.66. The lowest BCUT2D eigenvalue weighted by Crippen LogP contribution is -2.46. The van der Waals surface area contributed by atoms with Gasteiger partial charge in [-0.2, -0.15) is 4.31 Å². The lowest BCUT2D eigenvalue weighted by Gasteiger charge is -2.30. The first-order valence-corrected chi connectivity index (χ1v) is 24.2. The number of imidazole rings is 1. The first kappa shape index (κ1) is 50.2. The normalized spacial score (nSPS) is 21.1. The van der Waals surface area contributed by atoms with Crippen molar-refractivity contribution >= 4 is 79.9 Å². The van der Waals surface area contributed by atoms with E-state index in [0.717, 1.165) is 45.3 Å². The molecule has 1 saturated heterocycles. The van der Waals surface area contributed by atoms with Gasteiger partial charge < -0.3 is 56.6 Å². The molecule has 1 aliphatic heterocycles. The van der Waals surface area contributed by atoms with Gasteiger partial charge in [-0.05, 0) is 22.8 Å². The van der Waals surface area contributed by atoms with Crippen molar-refractivity contribution in [2.45, 2.75) is 63.4 Å². The summed E-state index contributed by atoms with van der Waals surface area (Å²) in [6, 6.07) is 12.9. The largest absolute Gasteiger partial charge is 0.481 e. The van der Waals surface area contributed by atoms with Crippen molar-refractivity contribution in [1.82, 2.24) is 30.2 Å².